The number of ketones is 1. The van der Waals surface area contributed by atoms with Crippen LogP contribution in [0.4, 0.5) is 0 Å². The average molecular weight is 251 g/mol. The normalized spacial score (nSPS) is 31.1. The van der Waals surface area contributed by atoms with Crippen molar-refractivity contribution in [3.63, 3.8) is 0 Å². The molecule has 0 unspecified atom stereocenters. The lowest BCUT2D eigenvalue weighted by molar-refractivity contribution is -0.119. The maximum atomic E-state index is 12.3. The van der Waals surface area contributed by atoms with Gasteiger partial charge in [-0.3, -0.25) is 4.79 Å². The summed E-state index contributed by atoms with van der Waals surface area (Å²) < 4.78 is 0. The summed E-state index contributed by atoms with van der Waals surface area (Å²) in [6.45, 7) is 0. The van der Waals surface area contributed by atoms with Crippen molar-refractivity contribution >= 4 is 11.4 Å². The van der Waals surface area contributed by atoms with Gasteiger partial charge in [0.05, 0.1) is 5.57 Å². The van der Waals surface area contributed by atoms with Crippen molar-refractivity contribution in [1.82, 2.24) is 0 Å². The predicted molar refractivity (Wildman–Crippen MR) is 69.1 cm³/mol. The molecule has 1 saturated carbocycles. The smallest absolute Gasteiger partial charge is 0.176 e. The standard InChI is InChI=1S/C16H13NO2/c17-8-13-14-12-2-1-11(18)5-10(12)7-16(14)4-3-9(6-16)15(13)19/h1-2,5,9,18H,3-4,6-7H2/t9-,16+/m0/s1. The molecule has 2 atom stereocenters. The third-order valence-electron chi connectivity index (χ3n) is 5.00. The molecule has 94 valence electrons. The first kappa shape index (κ1) is 10.8. The van der Waals surface area contributed by atoms with Crippen molar-refractivity contribution in [1.29, 1.82) is 5.26 Å². The summed E-state index contributed by atoms with van der Waals surface area (Å²) in [6, 6.07) is 7.43. The molecule has 0 aromatic heterocycles. The molecule has 3 nitrogen and oxygen atoms in total. The van der Waals surface area contributed by atoms with Crippen LogP contribution in [0, 0.1) is 22.7 Å². The number of Topliss-reactive ketones (excluding diaryl/α,β-unsaturated/α-hetero) is 1. The Bertz CT molecular complexity index is 695. The summed E-state index contributed by atoms with van der Waals surface area (Å²) >= 11 is 0. The molecule has 1 aromatic rings. The molecule has 3 aliphatic carbocycles. The van der Waals surface area contributed by atoms with Gasteiger partial charge in [0.25, 0.3) is 0 Å². The zero-order valence-electron chi connectivity index (χ0n) is 10.4. The first-order valence-corrected chi connectivity index (χ1v) is 6.66. The van der Waals surface area contributed by atoms with E-state index in [9.17, 15) is 15.2 Å². The van der Waals surface area contributed by atoms with E-state index in [2.05, 4.69) is 6.07 Å². The van der Waals surface area contributed by atoms with E-state index >= 15 is 0 Å². The number of nitriles is 1. The monoisotopic (exact) mass is 251 g/mol. The van der Waals surface area contributed by atoms with Crippen molar-refractivity contribution in [2.24, 2.45) is 11.3 Å². The van der Waals surface area contributed by atoms with Crippen molar-refractivity contribution in [2.45, 2.75) is 25.7 Å². The van der Waals surface area contributed by atoms with Crippen LogP contribution >= 0.6 is 0 Å². The fourth-order valence-corrected chi connectivity index (χ4v) is 4.28. The molecule has 19 heavy (non-hydrogen) atoms. The van der Waals surface area contributed by atoms with Gasteiger partial charge in [0.2, 0.25) is 0 Å². The number of carbonyl (C=O) groups excluding carboxylic acids is 1. The van der Waals surface area contributed by atoms with Gasteiger partial charge in [-0.1, -0.05) is 6.07 Å². The van der Waals surface area contributed by atoms with Gasteiger partial charge in [0, 0.05) is 11.3 Å². The minimum absolute atomic E-state index is 0.0141. The largest absolute Gasteiger partial charge is 0.508 e. The van der Waals surface area contributed by atoms with Crippen LogP contribution in [-0.2, 0) is 11.2 Å². The van der Waals surface area contributed by atoms with Gasteiger partial charge in [-0.2, -0.15) is 5.26 Å². The number of nitrogens with zero attached hydrogens (tertiary/aromatic N) is 1. The minimum Gasteiger partial charge on any atom is -0.508 e. The SMILES string of the molecule is N#CC1=C2c3ccc(O)cc3C[C@]23CC[C@@H](C3)C1=O. The molecule has 1 N–H and O–H groups in total. The van der Waals surface area contributed by atoms with E-state index < -0.39 is 0 Å². The third kappa shape index (κ3) is 1.19. The Hall–Kier alpha value is -2.08. The molecule has 2 bridgehead atoms. The number of phenols is 1. The van der Waals surface area contributed by atoms with Crippen LogP contribution in [0.2, 0.25) is 0 Å². The maximum absolute atomic E-state index is 12.3. The molecule has 0 radical (unpaired) electrons. The van der Waals surface area contributed by atoms with Crippen molar-refractivity contribution in [3.8, 4) is 11.8 Å². The van der Waals surface area contributed by atoms with Crippen LogP contribution < -0.4 is 0 Å². The summed E-state index contributed by atoms with van der Waals surface area (Å²) in [4.78, 5) is 12.3. The predicted octanol–water partition coefficient (Wildman–Crippen LogP) is 2.59. The molecule has 3 aliphatic rings. The molecule has 0 saturated heterocycles. The number of allylic oxidation sites excluding steroid dienone is 2. The zero-order valence-corrected chi connectivity index (χ0v) is 10.4. The van der Waals surface area contributed by atoms with E-state index in [1.807, 2.05) is 6.07 Å². The van der Waals surface area contributed by atoms with Crippen LogP contribution in [0.15, 0.2) is 23.8 Å². The summed E-state index contributed by atoms with van der Waals surface area (Å²) in [5, 5.41) is 19.0. The number of phenolic OH excluding ortho intramolecular Hbond substituents is 1. The van der Waals surface area contributed by atoms with E-state index in [0.29, 0.717) is 5.57 Å². The van der Waals surface area contributed by atoms with Crippen LogP contribution in [0.3, 0.4) is 0 Å². The Morgan fingerprint density at radius 2 is 2.26 bits per heavy atom. The van der Waals surface area contributed by atoms with E-state index in [1.165, 1.54) is 0 Å². The van der Waals surface area contributed by atoms with E-state index in [1.54, 1.807) is 12.1 Å². The first-order valence-electron chi connectivity index (χ1n) is 6.66. The van der Waals surface area contributed by atoms with E-state index in [-0.39, 0.29) is 22.9 Å². The van der Waals surface area contributed by atoms with Crippen LogP contribution in [-0.4, -0.2) is 10.9 Å². The highest BCUT2D eigenvalue weighted by Crippen LogP contribution is 2.62. The Kier molecular flexibility index (Phi) is 1.86. The number of hydrogen-bond donors (Lipinski definition) is 1. The van der Waals surface area contributed by atoms with E-state index in [4.69, 9.17) is 0 Å². The lowest BCUT2D eigenvalue weighted by atomic mass is 9.71. The zero-order chi connectivity index (χ0) is 13.2. The minimum atomic E-state index is -0.0141. The average Bonchev–Trinajstić information content (AvgIpc) is 2.91. The molecule has 0 heterocycles. The quantitative estimate of drug-likeness (QED) is 0.771. The Labute approximate surface area is 111 Å². The van der Waals surface area contributed by atoms with Crippen LogP contribution in [0.1, 0.15) is 30.4 Å². The van der Waals surface area contributed by atoms with Gasteiger partial charge in [-0.25, -0.2) is 0 Å². The highest BCUT2D eigenvalue weighted by molar-refractivity contribution is 6.11. The lowest BCUT2D eigenvalue weighted by Gasteiger charge is -2.30. The topological polar surface area (TPSA) is 61.1 Å². The highest BCUT2D eigenvalue weighted by atomic mass is 16.3. The Morgan fingerprint density at radius 3 is 3.05 bits per heavy atom. The van der Waals surface area contributed by atoms with Gasteiger partial charge in [-0.05, 0) is 54.5 Å². The van der Waals surface area contributed by atoms with Crippen LogP contribution in [0.5, 0.6) is 5.75 Å². The van der Waals surface area contributed by atoms with Crippen molar-refractivity contribution < 1.29 is 9.90 Å². The summed E-state index contributed by atoms with van der Waals surface area (Å²) in [5.41, 5.74) is 3.41. The first-order chi connectivity index (χ1) is 9.14. The van der Waals surface area contributed by atoms with E-state index in [0.717, 1.165) is 42.4 Å². The van der Waals surface area contributed by atoms with Crippen LogP contribution in [0.25, 0.3) is 5.57 Å². The molecule has 3 heteroatoms. The molecule has 4 rings (SSSR count). The molecule has 1 fully saturated rings. The molecular weight excluding hydrogens is 238 g/mol. The Balaban J connectivity index is 2.04. The van der Waals surface area contributed by atoms with Gasteiger partial charge >= 0.3 is 0 Å². The second-order valence-electron chi connectivity index (χ2n) is 5.96. The molecular formula is C16H13NO2. The second-order valence-corrected chi connectivity index (χ2v) is 5.96. The molecule has 0 amide bonds. The fourth-order valence-electron chi connectivity index (χ4n) is 4.28. The number of hydrogen-bond acceptors (Lipinski definition) is 3. The van der Waals surface area contributed by atoms with Gasteiger partial charge in [0.15, 0.2) is 5.78 Å². The lowest BCUT2D eigenvalue weighted by Crippen LogP contribution is -2.27. The number of rotatable bonds is 0. The second kappa shape index (κ2) is 3.27. The van der Waals surface area contributed by atoms with Gasteiger partial charge in [0.1, 0.15) is 11.8 Å². The maximum Gasteiger partial charge on any atom is 0.176 e. The van der Waals surface area contributed by atoms with Gasteiger partial charge in [-0.15, -0.1) is 0 Å². The number of aromatic hydroxyl groups is 1. The number of benzene rings is 1. The fraction of sp³-hybridized carbons (Fsp3) is 0.375. The van der Waals surface area contributed by atoms with Crippen molar-refractivity contribution in [2.75, 3.05) is 0 Å². The summed E-state index contributed by atoms with van der Waals surface area (Å²) in [6.07, 6.45) is 3.62. The number of fused-ring (bicyclic) bond motifs is 3. The van der Waals surface area contributed by atoms with Gasteiger partial charge < -0.3 is 5.11 Å². The summed E-state index contributed by atoms with van der Waals surface area (Å²) in [7, 11) is 0. The number of carbonyl (C=O) groups is 1. The highest BCUT2D eigenvalue weighted by Gasteiger charge is 2.54. The molecule has 0 aliphatic heterocycles. The third-order valence-corrected chi connectivity index (χ3v) is 5.00. The Morgan fingerprint density at radius 1 is 1.42 bits per heavy atom. The van der Waals surface area contributed by atoms with Crippen molar-refractivity contribution in [3.05, 3.63) is 34.9 Å². The molecule has 1 aromatic carbocycles. The summed E-state index contributed by atoms with van der Waals surface area (Å²) in [5.74, 6) is 0.335. The molecule has 1 spiro atoms.